The lowest BCUT2D eigenvalue weighted by atomic mass is 10.0. The molecule has 0 radical (unpaired) electrons. The van der Waals surface area contributed by atoms with Gasteiger partial charge in [0.15, 0.2) is 0 Å². The molecule has 2 unspecified atom stereocenters. The molecule has 0 N–H and O–H groups in total. The summed E-state index contributed by atoms with van der Waals surface area (Å²) in [6.45, 7) is 4.81. The van der Waals surface area contributed by atoms with E-state index in [9.17, 15) is 8.42 Å². The number of piperidine rings is 1. The summed E-state index contributed by atoms with van der Waals surface area (Å²) in [4.78, 5) is 0. The molecule has 2 rings (SSSR count). The minimum absolute atomic E-state index is 0.316. The Kier molecular flexibility index (Phi) is 5.52. The molecule has 112 valence electrons. The number of nitrogens with zero attached hydrogens (tertiary/aromatic N) is 2. The Morgan fingerprint density at radius 3 is 2.47 bits per heavy atom. The summed E-state index contributed by atoms with van der Waals surface area (Å²) in [7, 11) is -3.27. The first-order valence-electron chi connectivity index (χ1n) is 7.35. The molecule has 0 aromatic carbocycles. The minimum atomic E-state index is -3.27. The van der Waals surface area contributed by atoms with E-state index in [1.165, 1.54) is 0 Å². The molecule has 2 fully saturated rings. The van der Waals surface area contributed by atoms with Crippen LogP contribution < -0.4 is 0 Å². The zero-order valence-electron chi connectivity index (χ0n) is 11.7. The van der Waals surface area contributed by atoms with E-state index in [0.717, 1.165) is 32.1 Å². The van der Waals surface area contributed by atoms with Crippen LogP contribution in [0, 0.1) is 11.8 Å². The average Bonchev–Trinajstić information content (AvgIpc) is 2.64. The fourth-order valence-corrected chi connectivity index (χ4v) is 5.03. The van der Waals surface area contributed by atoms with Gasteiger partial charge in [-0.1, -0.05) is 6.92 Å². The van der Waals surface area contributed by atoms with Crippen molar-refractivity contribution in [1.29, 1.82) is 0 Å². The first-order chi connectivity index (χ1) is 9.04. The van der Waals surface area contributed by atoms with Crippen LogP contribution in [0.1, 0.15) is 39.0 Å². The molecular formula is C13H25ClN2O2S. The van der Waals surface area contributed by atoms with E-state index >= 15 is 0 Å². The van der Waals surface area contributed by atoms with Gasteiger partial charge in [0.1, 0.15) is 0 Å². The molecule has 2 aliphatic rings. The average molecular weight is 309 g/mol. The third kappa shape index (κ3) is 3.84. The Hall–Kier alpha value is 0.160. The maximum absolute atomic E-state index is 12.7. The van der Waals surface area contributed by atoms with Crippen LogP contribution in [0.2, 0.25) is 0 Å². The van der Waals surface area contributed by atoms with Gasteiger partial charge in [-0.3, -0.25) is 0 Å². The van der Waals surface area contributed by atoms with Crippen molar-refractivity contribution in [1.82, 2.24) is 8.61 Å². The molecule has 0 aromatic rings. The predicted molar refractivity (Wildman–Crippen MR) is 78.5 cm³/mol. The second-order valence-electron chi connectivity index (χ2n) is 5.96. The molecule has 0 aromatic heterocycles. The standard InChI is InChI=1S/C13H25ClN2O2S/c1-12-4-2-7-15(9-6-12)19(17,18)16-8-3-5-13(10-14)11-16/h12-13H,2-11H2,1H3. The summed E-state index contributed by atoms with van der Waals surface area (Å²) in [5.74, 6) is 1.51. The van der Waals surface area contributed by atoms with Crippen molar-refractivity contribution in [3.63, 3.8) is 0 Å². The van der Waals surface area contributed by atoms with Crippen LogP contribution in [-0.2, 0) is 10.2 Å². The Bertz CT molecular complexity index is 380. The highest BCUT2D eigenvalue weighted by Gasteiger charge is 2.33. The van der Waals surface area contributed by atoms with Crippen LogP contribution in [-0.4, -0.2) is 49.1 Å². The quantitative estimate of drug-likeness (QED) is 0.751. The molecule has 0 amide bonds. The van der Waals surface area contributed by atoms with E-state index in [1.54, 1.807) is 8.61 Å². The molecule has 6 heteroatoms. The van der Waals surface area contributed by atoms with Gasteiger partial charge in [0.2, 0.25) is 0 Å². The van der Waals surface area contributed by atoms with E-state index in [2.05, 4.69) is 6.92 Å². The number of hydrogen-bond acceptors (Lipinski definition) is 2. The monoisotopic (exact) mass is 308 g/mol. The fourth-order valence-electron chi connectivity index (χ4n) is 2.99. The van der Waals surface area contributed by atoms with Crippen molar-refractivity contribution in [3.05, 3.63) is 0 Å². The summed E-state index contributed by atoms with van der Waals surface area (Å²) in [6.07, 6.45) is 5.07. The molecule has 4 nitrogen and oxygen atoms in total. The van der Waals surface area contributed by atoms with Gasteiger partial charge in [-0.15, -0.1) is 11.6 Å². The molecule has 0 aliphatic carbocycles. The normalized spacial score (nSPS) is 32.1. The molecule has 2 saturated heterocycles. The Labute approximate surface area is 122 Å². The number of rotatable bonds is 3. The molecular weight excluding hydrogens is 284 g/mol. The Balaban J connectivity index is 2.04. The summed E-state index contributed by atoms with van der Waals surface area (Å²) in [6, 6.07) is 0. The van der Waals surface area contributed by atoms with Crippen molar-refractivity contribution in [2.75, 3.05) is 32.1 Å². The van der Waals surface area contributed by atoms with Gasteiger partial charge in [0.05, 0.1) is 0 Å². The minimum Gasteiger partial charge on any atom is -0.195 e. The van der Waals surface area contributed by atoms with Crippen molar-refractivity contribution < 1.29 is 8.42 Å². The maximum Gasteiger partial charge on any atom is 0.281 e. The molecule has 2 heterocycles. The third-order valence-electron chi connectivity index (χ3n) is 4.33. The van der Waals surface area contributed by atoms with Crippen LogP contribution in [0.15, 0.2) is 0 Å². The fraction of sp³-hybridized carbons (Fsp3) is 1.00. The number of halogens is 1. The highest BCUT2D eigenvalue weighted by Crippen LogP contribution is 2.25. The van der Waals surface area contributed by atoms with E-state index < -0.39 is 10.2 Å². The second kappa shape index (κ2) is 6.74. The van der Waals surface area contributed by atoms with Crippen LogP contribution >= 0.6 is 11.6 Å². The van der Waals surface area contributed by atoms with Crippen molar-refractivity contribution in [3.8, 4) is 0 Å². The van der Waals surface area contributed by atoms with Gasteiger partial charge >= 0.3 is 0 Å². The van der Waals surface area contributed by atoms with E-state index in [4.69, 9.17) is 11.6 Å². The van der Waals surface area contributed by atoms with E-state index in [1.807, 2.05) is 0 Å². The highest BCUT2D eigenvalue weighted by atomic mass is 35.5. The maximum atomic E-state index is 12.7. The first-order valence-corrected chi connectivity index (χ1v) is 9.28. The number of alkyl halides is 1. The van der Waals surface area contributed by atoms with Gasteiger partial charge in [-0.2, -0.15) is 17.0 Å². The SMILES string of the molecule is CC1CCCN(S(=O)(=O)N2CCCC(CCl)C2)CC1. The summed E-state index contributed by atoms with van der Waals surface area (Å²) in [5.41, 5.74) is 0. The van der Waals surface area contributed by atoms with Crippen LogP contribution in [0.5, 0.6) is 0 Å². The van der Waals surface area contributed by atoms with Crippen molar-refractivity contribution in [2.45, 2.75) is 39.0 Å². The smallest absolute Gasteiger partial charge is 0.195 e. The Morgan fingerprint density at radius 1 is 1.05 bits per heavy atom. The lowest BCUT2D eigenvalue weighted by molar-refractivity contribution is 0.260. The van der Waals surface area contributed by atoms with E-state index in [0.29, 0.717) is 43.9 Å². The largest absolute Gasteiger partial charge is 0.281 e. The predicted octanol–water partition coefficient (Wildman–Crippen LogP) is 2.30. The zero-order valence-corrected chi connectivity index (χ0v) is 13.3. The van der Waals surface area contributed by atoms with Gasteiger partial charge in [0, 0.05) is 32.1 Å². The van der Waals surface area contributed by atoms with Gasteiger partial charge in [0.25, 0.3) is 10.2 Å². The summed E-state index contributed by atoms with van der Waals surface area (Å²) in [5, 5.41) is 0. The molecule has 0 saturated carbocycles. The zero-order chi connectivity index (χ0) is 13.9. The topological polar surface area (TPSA) is 40.6 Å². The molecule has 0 bridgehead atoms. The lowest BCUT2D eigenvalue weighted by Gasteiger charge is -2.34. The van der Waals surface area contributed by atoms with Crippen LogP contribution in [0.4, 0.5) is 0 Å². The third-order valence-corrected chi connectivity index (χ3v) is 6.77. The van der Waals surface area contributed by atoms with Gasteiger partial charge in [-0.25, -0.2) is 0 Å². The van der Waals surface area contributed by atoms with Crippen LogP contribution in [0.3, 0.4) is 0 Å². The van der Waals surface area contributed by atoms with Crippen molar-refractivity contribution in [2.24, 2.45) is 11.8 Å². The first kappa shape index (κ1) is 15.5. The van der Waals surface area contributed by atoms with Gasteiger partial charge < -0.3 is 0 Å². The highest BCUT2D eigenvalue weighted by molar-refractivity contribution is 7.86. The second-order valence-corrected chi connectivity index (χ2v) is 8.20. The Morgan fingerprint density at radius 2 is 1.74 bits per heavy atom. The molecule has 19 heavy (non-hydrogen) atoms. The molecule has 2 aliphatic heterocycles. The lowest BCUT2D eigenvalue weighted by Crippen LogP contribution is -2.48. The van der Waals surface area contributed by atoms with Crippen molar-refractivity contribution >= 4 is 21.8 Å². The summed E-state index contributed by atoms with van der Waals surface area (Å²) < 4.78 is 28.7. The molecule has 0 spiro atoms. The number of hydrogen-bond donors (Lipinski definition) is 0. The van der Waals surface area contributed by atoms with E-state index in [-0.39, 0.29) is 0 Å². The summed E-state index contributed by atoms with van der Waals surface area (Å²) >= 11 is 5.89. The van der Waals surface area contributed by atoms with Crippen LogP contribution in [0.25, 0.3) is 0 Å². The molecule has 2 atom stereocenters. The van der Waals surface area contributed by atoms with Gasteiger partial charge in [-0.05, 0) is 43.9 Å².